The van der Waals surface area contributed by atoms with Gasteiger partial charge in [-0.15, -0.1) is 0 Å². The van der Waals surface area contributed by atoms with Gasteiger partial charge in [0.2, 0.25) is 5.91 Å². The summed E-state index contributed by atoms with van der Waals surface area (Å²) in [6.45, 7) is 12.6. The molecule has 0 radical (unpaired) electrons. The second kappa shape index (κ2) is 7.46. The maximum atomic E-state index is 12.9. The molecule has 0 saturated carbocycles. The first-order valence-corrected chi connectivity index (χ1v) is 9.58. The van der Waals surface area contributed by atoms with Crippen LogP contribution in [0.3, 0.4) is 0 Å². The van der Waals surface area contributed by atoms with E-state index >= 15 is 0 Å². The van der Waals surface area contributed by atoms with Crippen LogP contribution in [-0.2, 0) is 14.9 Å². The van der Waals surface area contributed by atoms with Gasteiger partial charge in [-0.3, -0.25) is 9.69 Å². The first-order chi connectivity index (χ1) is 11.8. The minimum Gasteiger partial charge on any atom is -0.376 e. The van der Waals surface area contributed by atoms with E-state index in [1.165, 1.54) is 11.1 Å². The molecular formula is C21H32N2O2. The third-order valence-corrected chi connectivity index (χ3v) is 5.42. The number of carbonyl (C=O) groups excluding carboxylic acids is 1. The number of benzene rings is 1. The van der Waals surface area contributed by atoms with E-state index < -0.39 is 0 Å². The Morgan fingerprint density at radius 2 is 1.92 bits per heavy atom. The zero-order chi connectivity index (χ0) is 18.0. The first-order valence-electron chi connectivity index (χ1n) is 9.58. The molecule has 1 aromatic carbocycles. The van der Waals surface area contributed by atoms with Gasteiger partial charge in [-0.2, -0.15) is 0 Å². The van der Waals surface area contributed by atoms with Gasteiger partial charge in [-0.25, -0.2) is 0 Å². The van der Waals surface area contributed by atoms with Gasteiger partial charge >= 0.3 is 0 Å². The van der Waals surface area contributed by atoms with Crippen molar-refractivity contribution in [1.82, 2.24) is 9.80 Å². The summed E-state index contributed by atoms with van der Waals surface area (Å²) in [7, 11) is 0. The Morgan fingerprint density at radius 1 is 1.20 bits per heavy atom. The van der Waals surface area contributed by atoms with E-state index in [1.54, 1.807) is 0 Å². The predicted molar refractivity (Wildman–Crippen MR) is 101 cm³/mol. The third-order valence-electron chi connectivity index (χ3n) is 5.42. The number of morpholine rings is 1. The molecule has 4 heteroatoms. The van der Waals surface area contributed by atoms with Gasteiger partial charge in [-0.1, -0.05) is 45.0 Å². The van der Waals surface area contributed by atoms with Crippen molar-refractivity contribution in [3.8, 4) is 0 Å². The van der Waals surface area contributed by atoms with Crippen molar-refractivity contribution in [1.29, 1.82) is 0 Å². The maximum Gasteiger partial charge on any atom is 0.237 e. The molecule has 0 aliphatic carbocycles. The number of ether oxygens (including phenoxy) is 1. The van der Waals surface area contributed by atoms with Crippen LogP contribution >= 0.6 is 0 Å². The third kappa shape index (κ3) is 4.42. The molecule has 0 unspecified atom stereocenters. The molecule has 0 spiro atoms. The highest BCUT2D eigenvalue weighted by Gasteiger charge is 2.31. The number of hydrogen-bond donors (Lipinski definition) is 0. The van der Waals surface area contributed by atoms with E-state index in [0.717, 1.165) is 39.1 Å². The van der Waals surface area contributed by atoms with Crippen LogP contribution in [0.4, 0.5) is 0 Å². The number of hydrogen-bond acceptors (Lipinski definition) is 3. The highest BCUT2D eigenvalue weighted by atomic mass is 16.5. The topological polar surface area (TPSA) is 32.8 Å². The van der Waals surface area contributed by atoms with Crippen LogP contribution in [0.1, 0.15) is 57.7 Å². The highest BCUT2D eigenvalue weighted by Crippen LogP contribution is 2.33. The van der Waals surface area contributed by atoms with Crippen LogP contribution in [0, 0.1) is 0 Å². The van der Waals surface area contributed by atoms with Gasteiger partial charge in [0.05, 0.1) is 25.3 Å². The van der Waals surface area contributed by atoms with Crippen molar-refractivity contribution in [2.75, 3.05) is 32.8 Å². The normalized spacial score (nSPS) is 25.4. The molecular weight excluding hydrogens is 312 g/mol. The van der Waals surface area contributed by atoms with Crippen LogP contribution in [0.5, 0.6) is 0 Å². The van der Waals surface area contributed by atoms with Crippen LogP contribution in [0.2, 0.25) is 0 Å². The Hall–Kier alpha value is -1.39. The second-order valence-electron chi connectivity index (χ2n) is 8.53. The second-order valence-corrected chi connectivity index (χ2v) is 8.53. The molecule has 0 bridgehead atoms. The lowest BCUT2D eigenvalue weighted by molar-refractivity contribution is -0.135. The molecule has 2 atom stereocenters. The highest BCUT2D eigenvalue weighted by molar-refractivity contribution is 5.79. The molecule has 1 amide bonds. The standard InChI is InChI=1S/C21H32N2O2/c1-16-14-22(12-13-25-16)15-20(24)23-11-5-6-19(23)17-7-9-18(10-8-17)21(2,3)4/h7-10,16,19H,5-6,11-15H2,1-4H3/t16-,19+/m0/s1. The molecule has 2 aliphatic heterocycles. The monoisotopic (exact) mass is 344 g/mol. The minimum atomic E-state index is 0.163. The molecule has 0 aromatic heterocycles. The number of likely N-dealkylation sites (tertiary alicyclic amines) is 1. The van der Waals surface area contributed by atoms with Crippen molar-refractivity contribution < 1.29 is 9.53 Å². The average Bonchev–Trinajstić information content (AvgIpc) is 3.04. The van der Waals surface area contributed by atoms with Gasteiger partial charge in [0.25, 0.3) is 0 Å². The van der Waals surface area contributed by atoms with Crippen LogP contribution in [0.25, 0.3) is 0 Å². The molecule has 25 heavy (non-hydrogen) atoms. The van der Waals surface area contributed by atoms with Crippen LogP contribution in [-0.4, -0.2) is 54.6 Å². The number of carbonyl (C=O) groups is 1. The SMILES string of the molecule is C[C@H]1CN(CC(=O)N2CCC[C@@H]2c2ccc(C(C)(C)C)cc2)CCO1. The fraction of sp³-hybridized carbons (Fsp3) is 0.667. The van der Waals surface area contributed by atoms with E-state index in [0.29, 0.717) is 6.54 Å². The summed E-state index contributed by atoms with van der Waals surface area (Å²) < 4.78 is 5.58. The quantitative estimate of drug-likeness (QED) is 0.843. The minimum absolute atomic E-state index is 0.163. The lowest BCUT2D eigenvalue weighted by Gasteiger charge is -2.33. The molecule has 2 heterocycles. The Bertz CT molecular complexity index is 591. The zero-order valence-corrected chi connectivity index (χ0v) is 16.1. The molecule has 2 fully saturated rings. The summed E-state index contributed by atoms with van der Waals surface area (Å²) >= 11 is 0. The summed E-state index contributed by atoms with van der Waals surface area (Å²) in [6, 6.07) is 9.11. The largest absolute Gasteiger partial charge is 0.376 e. The van der Waals surface area contributed by atoms with E-state index in [1.807, 2.05) is 0 Å². The number of amides is 1. The Balaban J connectivity index is 1.66. The van der Waals surface area contributed by atoms with Crippen molar-refractivity contribution in [3.05, 3.63) is 35.4 Å². The molecule has 2 saturated heterocycles. The smallest absolute Gasteiger partial charge is 0.237 e. The van der Waals surface area contributed by atoms with Gasteiger partial charge < -0.3 is 9.64 Å². The molecule has 4 nitrogen and oxygen atoms in total. The molecule has 0 N–H and O–H groups in total. The summed E-state index contributed by atoms with van der Waals surface area (Å²) in [4.78, 5) is 17.2. The summed E-state index contributed by atoms with van der Waals surface area (Å²) in [5, 5.41) is 0. The van der Waals surface area contributed by atoms with Gasteiger partial charge in [0.1, 0.15) is 0 Å². The number of rotatable bonds is 3. The maximum absolute atomic E-state index is 12.9. The Kier molecular flexibility index (Phi) is 5.49. The fourth-order valence-corrected chi connectivity index (χ4v) is 3.93. The molecule has 2 aliphatic rings. The number of nitrogens with zero attached hydrogens (tertiary/aromatic N) is 2. The van der Waals surface area contributed by atoms with Gasteiger partial charge in [0.15, 0.2) is 0 Å². The van der Waals surface area contributed by atoms with E-state index in [-0.39, 0.29) is 23.5 Å². The summed E-state index contributed by atoms with van der Waals surface area (Å²) in [5.41, 5.74) is 2.78. The lowest BCUT2D eigenvalue weighted by atomic mass is 9.86. The van der Waals surface area contributed by atoms with Crippen LogP contribution < -0.4 is 0 Å². The summed E-state index contributed by atoms with van der Waals surface area (Å²) in [5.74, 6) is 0.261. The first kappa shape index (κ1) is 18.4. The molecule has 1 aromatic rings. The van der Waals surface area contributed by atoms with Crippen molar-refractivity contribution >= 4 is 5.91 Å². The zero-order valence-electron chi connectivity index (χ0n) is 16.1. The van der Waals surface area contributed by atoms with Crippen LogP contribution in [0.15, 0.2) is 24.3 Å². The Morgan fingerprint density at radius 3 is 2.56 bits per heavy atom. The summed E-state index contributed by atoms with van der Waals surface area (Å²) in [6.07, 6.45) is 2.39. The van der Waals surface area contributed by atoms with E-state index in [9.17, 15) is 4.79 Å². The predicted octanol–water partition coefficient (Wildman–Crippen LogP) is 3.37. The Labute approximate surface area is 152 Å². The molecule has 3 rings (SSSR count). The van der Waals surface area contributed by atoms with E-state index in [2.05, 4.69) is 61.8 Å². The van der Waals surface area contributed by atoms with Crippen molar-refractivity contribution in [3.63, 3.8) is 0 Å². The lowest BCUT2D eigenvalue weighted by Crippen LogP contribution is -2.47. The van der Waals surface area contributed by atoms with Gasteiger partial charge in [-0.05, 0) is 36.3 Å². The van der Waals surface area contributed by atoms with E-state index in [4.69, 9.17) is 4.74 Å². The van der Waals surface area contributed by atoms with Crippen molar-refractivity contribution in [2.24, 2.45) is 0 Å². The van der Waals surface area contributed by atoms with Crippen molar-refractivity contribution in [2.45, 2.75) is 58.1 Å². The average molecular weight is 344 g/mol. The molecule has 138 valence electrons. The fourth-order valence-electron chi connectivity index (χ4n) is 3.93. The van der Waals surface area contributed by atoms with Gasteiger partial charge in [0, 0.05) is 19.6 Å².